The summed E-state index contributed by atoms with van der Waals surface area (Å²) in [6.07, 6.45) is 1.76. The molecule has 0 spiro atoms. The molecule has 0 aliphatic carbocycles. The van der Waals surface area contributed by atoms with E-state index in [1.54, 1.807) is 0 Å². The van der Waals surface area contributed by atoms with Gasteiger partial charge in [0.15, 0.2) is 0 Å². The second-order valence-electron chi connectivity index (χ2n) is 4.70. The van der Waals surface area contributed by atoms with E-state index in [1.165, 1.54) is 0 Å². The third kappa shape index (κ3) is 2.88. The zero-order chi connectivity index (χ0) is 13.0. The summed E-state index contributed by atoms with van der Waals surface area (Å²) in [7, 11) is 0. The first-order valence-corrected chi connectivity index (χ1v) is 6.70. The van der Waals surface area contributed by atoms with E-state index in [1.807, 2.05) is 49.4 Å². The summed E-state index contributed by atoms with van der Waals surface area (Å²) in [6, 6.07) is 18.0. The molecule has 92 valence electrons. The van der Waals surface area contributed by atoms with Crippen LogP contribution in [0, 0.1) is 0 Å². The Balaban J connectivity index is 2.29. The smallest absolute Gasteiger partial charge is 0.130 e. The van der Waals surface area contributed by atoms with Crippen LogP contribution in [0.3, 0.4) is 0 Å². The maximum absolute atomic E-state index is 11.5. The standard InChI is InChI=1S/C16H15BrO/c1-16(12-18,14-5-3-2-4-6-14)11-13-7-9-15(17)10-8-13/h2-10,12H,11H2,1H3. The molecule has 0 N–H and O–H groups in total. The van der Waals surface area contributed by atoms with Crippen LogP contribution in [0.5, 0.6) is 0 Å². The van der Waals surface area contributed by atoms with Gasteiger partial charge >= 0.3 is 0 Å². The topological polar surface area (TPSA) is 17.1 Å². The quantitative estimate of drug-likeness (QED) is 0.776. The highest BCUT2D eigenvalue weighted by atomic mass is 79.9. The van der Waals surface area contributed by atoms with Gasteiger partial charge in [0.1, 0.15) is 6.29 Å². The van der Waals surface area contributed by atoms with Gasteiger partial charge in [-0.3, -0.25) is 0 Å². The van der Waals surface area contributed by atoms with E-state index in [4.69, 9.17) is 0 Å². The molecule has 0 bridgehead atoms. The van der Waals surface area contributed by atoms with Crippen molar-refractivity contribution in [2.75, 3.05) is 0 Å². The summed E-state index contributed by atoms with van der Waals surface area (Å²) in [5.41, 5.74) is 1.76. The average Bonchev–Trinajstić information content (AvgIpc) is 2.42. The van der Waals surface area contributed by atoms with E-state index >= 15 is 0 Å². The monoisotopic (exact) mass is 302 g/mol. The number of benzene rings is 2. The van der Waals surface area contributed by atoms with Crippen molar-refractivity contribution in [2.45, 2.75) is 18.8 Å². The minimum atomic E-state index is -0.463. The Morgan fingerprint density at radius 3 is 2.22 bits per heavy atom. The Kier molecular flexibility index (Phi) is 3.97. The summed E-state index contributed by atoms with van der Waals surface area (Å²) in [6.45, 7) is 1.98. The molecule has 2 aromatic rings. The fraction of sp³-hybridized carbons (Fsp3) is 0.188. The van der Waals surface area contributed by atoms with Crippen molar-refractivity contribution in [3.8, 4) is 0 Å². The first kappa shape index (κ1) is 13.0. The van der Waals surface area contributed by atoms with E-state index in [2.05, 4.69) is 28.1 Å². The summed E-state index contributed by atoms with van der Waals surface area (Å²) < 4.78 is 1.05. The molecule has 0 heterocycles. The maximum atomic E-state index is 11.5. The van der Waals surface area contributed by atoms with E-state index in [9.17, 15) is 4.79 Å². The van der Waals surface area contributed by atoms with Gasteiger partial charge in [-0.05, 0) is 36.6 Å². The van der Waals surface area contributed by atoms with Crippen LogP contribution in [0.1, 0.15) is 18.1 Å². The van der Waals surface area contributed by atoms with Crippen LogP contribution in [0.4, 0.5) is 0 Å². The number of carbonyl (C=O) groups excluding carboxylic acids is 1. The summed E-state index contributed by atoms with van der Waals surface area (Å²) >= 11 is 3.42. The lowest BCUT2D eigenvalue weighted by Crippen LogP contribution is -2.26. The number of halogens is 1. The Morgan fingerprint density at radius 2 is 1.67 bits per heavy atom. The van der Waals surface area contributed by atoms with Gasteiger partial charge in [0.25, 0.3) is 0 Å². The van der Waals surface area contributed by atoms with Gasteiger partial charge in [-0.2, -0.15) is 0 Å². The predicted molar refractivity (Wildman–Crippen MR) is 77.7 cm³/mol. The molecule has 2 aromatic carbocycles. The lowest BCUT2D eigenvalue weighted by molar-refractivity contribution is -0.112. The molecule has 0 saturated carbocycles. The largest absolute Gasteiger partial charge is 0.302 e. The number of rotatable bonds is 4. The molecular formula is C16H15BrO. The summed E-state index contributed by atoms with van der Waals surface area (Å²) in [4.78, 5) is 11.5. The predicted octanol–water partition coefficient (Wildman–Crippen LogP) is 4.15. The molecule has 0 saturated heterocycles. The van der Waals surface area contributed by atoms with Gasteiger partial charge in [0.2, 0.25) is 0 Å². The van der Waals surface area contributed by atoms with Crippen molar-refractivity contribution in [3.05, 3.63) is 70.2 Å². The molecule has 1 unspecified atom stereocenters. The lowest BCUT2D eigenvalue weighted by Gasteiger charge is -2.23. The first-order chi connectivity index (χ1) is 8.64. The highest BCUT2D eigenvalue weighted by Gasteiger charge is 2.26. The fourth-order valence-corrected chi connectivity index (χ4v) is 2.32. The molecule has 0 aliphatic heterocycles. The van der Waals surface area contributed by atoms with Crippen LogP contribution in [0.25, 0.3) is 0 Å². The molecule has 18 heavy (non-hydrogen) atoms. The Hall–Kier alpha value is -1.41. The van der Waals surface area contributed by atoms with Gasteiger partial charge < -0.3 is 4.79 Å². The highest BCUT2D eigenvalue weighted by Crippen LogP contribution is 2.26. The molecular weight excluding hydrogens is 288 g/mol. The highest BCUT2D eigenvalue weighted by molar-refractivity contribution is 9.10. The van der Waals surface area contributed by atoms with Crippen molar-refractivity contribution in [3.63, 3.8) is 0 Å². The first-order valence-electron chi connectivity index (χ1n) is 5.90. The van der Waals surface area contributed by atoms with Crippen LogP contribution in [0.2, 0.25) is 0 Å². The number of aldehydes is 1. The zero-order valence-electron chi connectivity index (χ0n) is 10.3. The Bertz CT molecular complexity index is 519. The van der Waals surface area contributed by atoms with E-state index in [0.717, 1.165) is 21.9 Å². The summed E-state index contributed by atoms with van der Waals surface area (Å²) in [5, 5.41) is 0. The summed E-state index contributed by atoms with van der Waals surface area (Å²) in [5.74, 6) is 0. The second kappa shape index (κ2) is 5.49. The van der Waals surface area contributed by atoms with Crippen LogP contribution in [0.15, 0.2) is 59.1 Å². The van der Waals surface area contributed by atoms with E-state index < -0.39 is 5.41 Å². The molecule has 1 atom stereocenters. The van der Waals surface area contributed by atoms with Crippen molar-refractivity contribution in [1.82, 2.24) is 0 Å². The average molecular weight is 303 g/mol. The van der Waals surface area contributed by atoms with Crippen LogP contribution in [-0.2, 0) is 16.6 Å². The maximum Gasteiger partial charge on any atom is 0.130 e. The Morgan fingerprint density at radius 1 is 1.06 bits per heavy atom. The van der Waals surface area contributed by atoms with Crippen molar-refractivity contribution in [2.24, 2.45) is 0 Å². The number of carbonyl (C=O) groups is 1. The fourth-order valence-electron chi connectivity index (χ4n) is 2.06. The lowest BCUT2D eigenvalue weighted by atomic mass is 9.79. The molecule has 0 radical (unpaired) electrons. The van der Waals surface area contributed by atoms with Gasteiger partial charge in [0, 0.05) is 4.47 Å². The zero-order valence-corrected chi connectivity index (χ0v) is 11.9. The minimum Gasteiger partial charge on any atom is -0.302 e. The Labute approximate surface area is 116 Å². The van der Waals surface area contributed by atoms with Gasteiger partial charge in [-0.25, -0.2) is 0 Å². The van der Waals surface area contributed by atoms with E-state index in [0.29, 0.717) is 6.42 Å². The van der Waals surface area contributed by atoms with Crippen LogP contribution >= 0.6 is 15.9 Å². The third-order valence-corrected chi connectivity index (χ3v) is 3.71. The van der Waals surface area contributed by atoms with Gasteiger partial charge in [-0.15, -0.1) is 0 Å². The molecule has 0 aromatic heterocycles. The molecule has 0 aliphatic rings. The molecule has 2 rings (SSSR count). The van der Waals surface area contributed by atoms with Crippen LogP contribution in [-0.4, -0.2) is 6.29 Å². The molecule has 0 amide bonds. The third-order valence-electron chi connectivity index (χ3n) is 3.18. The normalized spacial score (nSPS) is 13.9. The number of hydrogen-bond acceptors (Lipinski definition) is 1. The van der Waals surface area contributed by atoms with Crippen molar-refractivity contribution in [1.29, 1.82) is 0 Å². The van der Waals surface area contributed by atoms with Crippen LogP contribution < -0.4 is 0 Å². The van der Waals surface area contributed by atoms with Crippen molar-refractivity contribution < 1.29 is 4.79 Å². The SMILES string of the molecule is CC(C=O)(Cc1ccc(Br)cc1)c1ccccc1. The molecule has 1 nitrogen and oxygen atoms in total. The minimum absolute atomic E-state index is 0.463. The second-order valence-corrected chi connectivity index (χ2v) is 5.62. The van der Waals surface area contributed by atoms with Gasteiger partial charge in [-0.1, -0.05) is 58.4 Å². The number of hydrogen-bond donors (Lipinski definition) is 0. The molecule has 2 heteroatoms. The molecule has 0 fully saturated rings. The van der Waals surface area contributed by atoms with Gasteiger partial charge in [0.05, 0.1) is 5.41 Å². The van der Waals surface area contributed by atoms with E-state index in [-0.39, 0.29) is 0 Å². The van der Waals surface area contributed by atoms with Crippen molar-refractivity contribution >= 4 is 22.2 Å².